The highest BCUT2D eigenvalue weighted by molar-refractivity contribution is 7.21. The van der Waals surface area contributed by atoms with E-state index in [1.54, 1.807) is 11.3 Å². The molecule has 0 amide bonds. The number of nitrogens with zero attached hydrogens (tertiary/aromatic N) is 4. The summed E-state index contributed by atoms with van der Waals surface area (Å²) in [7, 11) is 0. The van der Waals surface area contributed by atoms with Gasteiger partial charge in [-0.05, 0) is 71.8 Å². The van der Waals surface area contributed by atoms with Crippen molar-refractivity contribution in [2.45, 2.75) is 0 Å². The topological polar surface area (TPSA) is 44.9 Å². The summed E-state index contributed by atoms with van der Waals surface area (Å²) in [6, 6.07) is 49.1. The molecule has 4 nitrogen and oxygen atoms in total. The molecule has 0 aliphatic carbocycles. The van der Waals surface area contributed by atoms with Gasteiger partial charge in [-0.15, -0.1) is 11.3 Å². The minimum absolute atomic E-state index is 0.654. The predicted molar refractivity (Wildman–Crippen MR) is 178 cm³/mol. The quantitative estimate of drug-likeness (QED) is 0.214. The summed E-state index contributed by atoms with van der Waals surface area (Å²) in [6.07, 6.45) is 0. The van der Waals surface area contributed by atoms with Crippen molar-refractivity contribution in [3.63, 3.8) is 0 Å². The highest BCUT2D eigenvalue weighted by atomic mass is 32.1. The first-order valence-corrected chi connectivity index (χ1v) is 15.0. The molecule has 8 aromatic rings. The van der Waals surface area contributed by atoms with Crippen LogP contribution in [0.15, 0.2) is 133 Å². The van der Waals surface area contributed by atoms with Crippen LogP contribution in [-0.2, 0) is 0 Å². The number of para-hydroxylation sites is 4. The Morgan fingerprint density at radius 3 is 2.21 bits per heavy atom. The molecular weight excluding hydrogens is 545 g/mol. The second kappa shape index (κ2) is 9.15. The van der Waals surface area contributed by atoms with Crippen LogP contribution in [0.1, 0.15) is 5.56 Å². The Kier molecular flexibility index (Phi) is 5.10. The summed E-state index contributed by atoms with van der Waals surface area (Å²) < 4.78 is 3.55. The van der Waals surface area contributed by atoms with Crippen LogP contribution in [0, 0.1) is 11.3 Å². The maximum Gasteiger partial charge on any atom is 0.124 e. The van der Waals surface area contributed by atoms with Gasteiger partial charge in [0.05, 0.1) is 49.9 Å². The number of nitriles is 1. The van der Waals surface area contributed by atoms with E-state index < -0.39 is 0 Å². The van der Waals surface area contributed by atoms with E-state index in [-0.39, 0.29) is 0 Å². The van der Waals surface area contributed by atoms with E-state index in [2.05, 4.69) is 125 Å². The molecule has 200 valence electrons. The molecule has 9 rings (SSSR count). The SMILES string of the molecule is N#Cc1ccc(-c2nc3ccc(-c4cccc(N5c6ccccc6-n6c7ccccc7c7cccc5c76)c4)cc3s2)cc1. The number of fused-ring (bicyclic) bond motifs is 6. The van der Waals surface area contributed by atoms with Crippen molar-refractivity contribution in [1.29, 1.82) is 5.26 Å². The standard InChI is InChI=1S/C38H22N4S/c39-23-24-15-17-25(18-16-24)38-40-31-20-19-27(22-36(31)43-38)26-7-5-8-28(21-26)41-33-12-3-4-13-34(33)42-32-11-2-1-9-29(32)30-10-6-14-35(41)37(30)42/h1-22H. The second-order valence-electron chi connectivity index (χ2n) is 10.8. The minimum Gasteiger partial charge on any atom is -0.306 e. The van der Waals surface area contributed by atoms with Gasteiger partial charge in [-0.2, -0.15) is 5.26 Å². The van der Waals surface area contributed by atoms with Crippen molar-refractivity contribution in [3.8, 4) is 33.5 Å². The average molecular weight is 567 g/mol. The largest absolute Gasteiger partial charge is 0.306 e. The molecule has 0 spiro atoms. The number of benzene rings is 6. The maximum absolute atomic E-state index is 9.15. The Morgan fingerprint density at radius 2 is 1.33 bits per heavy atom. The van der Waals surface area contributed by atoms with E-state index in [9.17, 15) is 0 Å². The molecule has 43 heavy (non-hydrogen) atoms. The number of aromatic nitrogens is 2. The minimum atomic E-state index is 0.654. The van der Waals surface area contributed by atoms with Crippen molar-refractivity contribution in [1.82, 2.24) is 9.55 Å². The number of thiazole rings is 1. The molecule has 6 aromatic carbocycles. The number of rotatable bonds is 3. The summed E-state index contributed by atoms with van der Waals surface area (Å²) in [4.78, 5) is 7.27. The molecule has 0 saturated carbocycles. The van der Waals surface area contributed by atoms with E-state index in [4.69, 9.17) is 10.2 Å². The van der Waals surface area contributed by atoms with Crippen LogP contribution in [0.5, 0.6) is 0 Å². The van der Waals surface area contributed by atoms with E-state index >= 15 is 0 Å². The molecule has 0 atom stereocenters. The maximum atomic E-state index is 9.15. The lowest BCUT2D eigenvalue weighted by atomic mass is 10.0. The van der Waals surface area contributed by atoms with Crippen molar-refractivity contribution in [2.24, 2.45) is 0 Å². The van der Waals surface area contributed by atoms with Crippen LogP contribution in [0.4, 0.5) is 17.1 Å². The van der Waals surface area contributed by atoms with Gasteiger partial charge in [0, 0.05) is 22.0 Å². The van der Waals surface area contributed by atoms with Gasteiger partial charge in [0.1, 0.15) is 5.01 Å². The van der Waals surface area contributed by atoms with Gasteiger partial charge in [-0.3, -0.25) is 0 Å². The zero-order valence-corrected chi connectivity index (χ0v) is 23.7. The van der Waals surface area contributed by atoms with Crippen LogP contribution >= 0.6 is 11.3 Å². The van der Waals surface area contributed by atoms with Crippen molar-refractivity contribution in [2.75, 3.05) is 4.90 Å². The fourth-order valence-electron chi connectivity index (χ4n) is 6.42. The molecule has 0 fully saturated rings. The summed E-state index contributed by atoms with van der Waals surface area (Å²) in [5.74, 6) is 0. The smallest absolute Gasteiger partial charge is 0.124 e. The summed E-state index contributed by atoms with van der Waals surface area (Å²) >= 11 is 1.68. The van der Waals surface area contributed by atoms with Crippen LogP contribution < -0.4 is 4.90 Å². The Bertz CT molecular complexity index is 2420. The molecule has 5 heteroatoms. The van der Waals surface area contributed by atoms with E-state index in [1.165, 1.54) is 33.2 Å². The molecule has 1 aliphatic heterocycles. The summed E-state index contributed by atoms with van der Waals surface area (Å²) in [5, 5.41) is 12.6. The van der Waals surface area contributed by atoms with Crippen molar-refractivity contribution >= 4 is 60.4 Å². The third kappa shape index (κ3) is 3.57. The van der Waals surface area contributed by atoms with Gasteiger partial charge in [0.2, 0.25) is 0 Å². The molecule has 0 unspecified atom stereocenters. The van der Waals surface area contributed by atoms with E-state index in [1.807, 2.05) is 24.3 Å². The molecule has 3 heterocycles. The third-order valence-corrected chi connectivity index (χ3v) is 9.43. The second-order valence-corrected chi connectivity index (χ2v) is 11.8. The van der Waals surface area contributed by atoms with Crippen LogP contribution in [-0.4, -0.2) is 9.55 Å². The van der Waals surface area contributed by atoms with Gasteiger partial charge in [-0.1, -0.05) is 72.8 Å². The first kappa shape index (κ1) is 24.0. The van der Waals surface area contributed by atoms with E-state index in [0.29, 0.717) is 5.56 Å². The van der Waals surface area contributed by atoms with Crippen LogP contribution in [0.3, 0.4) is 0 Å². The van der Waals surface area contributed by atoms with Gasteiger partial charge in [0.15, 0.2) is 0 Å². The Labute approximate surface area is 251 Å². The monoisotopic (exact) mass is 566 g/mol. The number of anilines is 3. The molecule has 0 bridgehead atoms. The highest BCUT2D eigenvalue weighted by Crippen LogP contribution is 2.49. The predicted octanol–water partition coefficient (Wildman–Crippen LogP) is 10.4. The molecule has 2 aromatic heterocycles. The molecule has 1 aliphatic rings. The zero-order chi connectivity index (χ0) is 28.5. The molecule has 0 saturated heterocycles. The molecule has 0 radical (unpaired) electrons. The number of hydrogen-bond acceptors (Lipinski definition) is 4. The Morgan fingerprint density at radius 1 is 0.605 bits per heavy atom. The lowest BCUT2D eigenvalue weighted by Gasteiger charge is -2.33. The van der Waals surface area contributed by atoms with Gasteiger partial charge in [0.25, 0.3) is 0 Å². The summed E-state index contributed by atoms with van der Waals surface area (Å²) in [6.45, 7) is 0. The van der Waals surface area contributed by atoms with Crippen molar-refractivity contribution < 1.29 is 0 Å². The highest BCUT2D eigenvalue weighted by Gasteiger charge is 2.28. The first-order valence-electron chi connectivity index (χ1n) is 14.2. The van der Waals surface area contributed by atoms with Gasteiger partial charge < -0.3 is 9.47 Å². The van der Waals surface area contributed by atoms with Crippen LogP contribution in [0.25, 0.3) is 59.4 Å². The first-order chi connectivity index (χ1) is 21.3. The Hall–Kier alpha value is -5.70. The normalized spacial score (nSPS) is 12.1. The third-order valence-electron chi connectivity index (χ3n) is 8.36. The van der Waals surface area contributed by atoms with Crippen molar-refractivity contribution in [3.05, 3.63) is 139 Å². The fraction of sp³-hybridized carbons (Fsp3) is 0. The summed E-state index contributed by atoms with van der Waals surface area (Å²) in [5.41, 5.74) is 12.1. The fourth-order valence-corrected chi connectivity index (χ4v) is 7.43. The zero-order valence-electron chi connectivity index (χ0n) is 22.9. The lowest BCUT2D eigenvalue weighted by Crippen LogP contribution is -2.18. The van der Waals surface area contributed by atoms with E-state index in [0.717, 1.165) is 43.3 Å². The lowest BCUT2D eigenvalue weighted by molar-refractivity contribution is 1.11. The molecule has 0 N–H and O–H groups in total. The van der Waals surface area contributed by atoms with Gasteiger partial charge in [-0.25, -0.2) is 4.98 Å². The number of hydrogen-bond donors (Lipinski definition) is 0. The Balaban J connectivity index is 1.18. The van der Waals surface area contributed by atoms with Crippen LogP contribution in [0.2, 0.25) is 0 Å². The average Bonchev–Trinajstić information content (AvgIpc) is 3.65. The van der Waals surface area contributed by atoms with Gasteiger partial charge >= 0.3 is 0 Å². The molecular formula is C38H22N4S.